The monoisotopic (exact) mass is 549 g/mol. The number of piperazine rings is 1. The molecule has 170 valence electrons. The van der Waals surface area contributed by atoms with E-state index >= 15 is 0 Å². The van der Waals surface area contributed by atoms with E-state index in [1.165, 1.54) is 11.8 Å². The number of benzene rings is 1. The van der Waals surface area contributed by atoms with Gasteiger partial charge >= 0.3 is 0 Å². The van der Waals surface area contributed by atoms with Crippen molar-refractivity contribution in [3.05, 3.63) is 65.9 Å². The van der Waals surface area contributed by atoms with E-state index in [1.54, 1.807) is 18.4 Å². The summed E-state index contributed by atoms with van der Waals surface area (Å²) in [7, 11) is 0. The third kappa shape index (κ3) is 5.70. The number of oxazole rings is 1. The summed E-state index contributed by atoms with van der Waals surface area (Å²) in [6.45, 7) is 7.90. The van der Waals surface area contributed by atoms with Gasteiger partial charge in [-0.05, 0) is 38.1 Å². The number of aliphatic imine (C=N–C) groups is 1. The minimum atomic E-state index is -0.0715. The Morgan fingerprint density at radius 1 is 1.09 bits per heavy atom. The van der Waals surface area contributed by atoms with Crippen LogP contribution in [0, 0.1) is 6.92 Å². The zero-order valence-corrected chi connectivity index (χ0v) is 20.6. The van der Waals surface area contributed by atoms with Gasteiger partial charge in [0.05, 0.1) is 12.8 Å². The first kappa shape index (κ1) is 23.8. The van der Waals surface area contributed by atoms with Crippen LogP contribution < -0.4 is 5.32 Å². The second-order valence-electron chi connectivity index (χ2n) is 7.44. The summed E-state index contributed by atoms with van der Waals surface area (Å²) in [6, 6.07) is 11.5. The van der Waals surface area contributed by atoms with Crippen molar-refractivity contribution < 1.29 is 13.6 Å². The minimum absolute atomic E-state index is 0. The van der Waals surface area contributed by atoms with Gasteiger partial charge in [0.15, 0.2) is 11.7 Å². The van der Waals surface area contributed by atoms with Crippen molar-refractivity contribution in [3.8, 4) is 11.5 Å². The number of rotatable bonds is 5. The maximum absolute atomic E-state index is 12.5. The Labute approximate surface area is 204 Å². The molecule has 9 heteroatoms. The highest BCUT2D eigenvalue weighted by molar-refractivity contribution is 14.0. The fraction of sp³-hybridized carbons (Fsp3) is 0.348. The number of aryl methyl sites for hydroxylation is 1. The van der Waals surface area contributed by atoms with Crippen LogP contribution in [0.25, 0.3) is 11.5 Å². The molecule has 0 saturated carbocycles. The summed E-state index contributed by atoms with van der Waals surface area (Å²) in [5.74, 6) is 1.72. The van der Waals surface area contributed by atoms with E-state index < -0.39 is 0 Å². The molecule has 0 unspecified atom stereocenters. The molecule has 0 aliphatic carbocycles. The summed E-state index contributed by atoms with van der Waals surface area (Å²) < 4.78 is 10.9. The topological polar surface area (TPSA) is 87.1 Å². The van der Waals surface area contributed by atoms with Crippen molar-refractivity contribution in [1.29, 1.82) is 0 Å². The van der Waals surface area contributed by atoms with E-state index in [2.05, 4.69) is 22.1 Å². The molecule has 1 N–H and O–H groups in total. The van der Waals surface area contributed by atoms with Gasteiger partial charge in [-0.25, -0.2) is 9.98 Å². The molecule has 1 amide bonds. The van der Waals surface area contributed by atoms with E-state index in [0.717, 1.165) is 23.8 Å². The van der Waals surface area contributed by atoms with Crippen LogP contribution in [0.5, 0.6) is 0 Å². The van der Waals surface area contributed by atoms with Gasteiger partial charge < -0.3 is 24.0 Å². The number of hydrogen-bond acceptors (Lipinski definition) is 5. The second kappa shape index (κ2) is 11.2. The Morgan fingerprint density at radius 3 is 2.47 bits per heavy atom. The van der Waals surface area contributed by atoms with Crippen LogP contribution >= 0.6 is 24.0 Å². The zero-order chi connectivity index (χ0) is 21.6. The predicted molar refractivity (Wildman–Crippen MR) is 133 cm³/mol. The number of amides is 1. The lowest BCUT2D eigenvalue weighted by atomic mass is 10.1. The molecule has 1 fully saturated rings. The highest BCUT2D eigenvalue weighted by atomic mass is 127. The number of aromatic nitrogens is 1. The number of guanidine groups is 1. The molecule has 0 atom stereocenters. The fourth-order valence-corrected chi connectivity index (χ4v) is 3.47. The van der Waals surface area contributed by atoms with Crippen LogP contribution in [-0.2, 0) is 6.54 Å². The van der Waals surface area contributed by atoms with Crippen LogP contribution in [0.2, 0.25) is 0 Å². The Bertz CT molecular complexity index is 1020. The average molecular weight is 549 g/mol. The number of hydrogen-bond donors (Lipinski definition) is 1. The molecule has 0 spiro atoms. The zero-order valence-electron chi connectivity index (χ0n) is 18.3. The summed E-state index contributed by atoms with van der Waals surface area (Å²) in [5, 5.41) is 3.33. The number of nitrogens with one attached hydrogen (secondary N) is 1. The maximum Gasteiger partial charge on any atom is 0.289 e. The fourth-order valence-electron chi connectivity index (χ4n) is 3.47. The molecule has 4 rings (SSSR count). The van der Waals surface area contributed by atoms with Gasteiger partial charge in [-0.15, -0.1) is 24.0 Å². The first-order valence-corrected chi connectivity index (χ1v) is 10.5. The highest BCUT2D eigenvalue weighted by Crippen LogP contribution is 2.19. The number of halogens is 1. The largest absolute Gasteiger partial charge is 0.459 e. The van der Waals surface area contributed by atoms with Gasteiger partial charge in [-0.1, -0.05) is 17.7 Å². The van der Waals surface area contributed by atoms with Crippen LogP contribution in [-0.4, -0.2) is 59.4 Å². The van der Waals surface area contributed by atoms with Crippen LogP contribution in [0.4, 0.5) is 0 Å². The van der Waals surface area contributed by atoms with Gasteiger partial charge in [0.1, 0.15) is 12.0 Å². The molecular formula is C23H28IN5O3. The molecule has 3 aromatic rings. The van der Waals surface area contributed by atoms with Crippen LogP contribution in [0.3, 0.4) is 0 Å². The van der Waals surface area contributed by atoms with Crippen LogP contribution in [0.1, 0.15) is 28.7 Å². The molecule has 1 aliphatic rings. The molecule has 2 aromatic heterocycles. The van der Waals surface area contributed by atoms with E-state index in [9.17, 15) is 4.79 Å². The van der Waals surface area contributed by atoms with E-state index in [1.807, 2.05) is 36.1 Å². The number of carbonyl (C=O) groups is 1. The molecule has 1 aromatic carbocycles. The summed E-state index contributed by atoms with van der Waals surface area (Å²) in [6.07, 6.45) is 3.18. The lowest BCUT2D eigenvalue weighted by Gasteiger charge is -2.36. The summed E-state index contributed by atoms with van der Waals surface area (Å²) in [4.78, 5) is 25.7. The molecule has 3 heterocycles. The van der Waals surface area contributed by atoms with Gasteiger partial charge in [0.2, 0.25) is 5.89 Å². The number of nitrogens with zero attached hydrogens (tertiary/aromatic N) is 4. The van der Waals surface area contributed by atoms with E-state index in [4.69, 9.17) is 13.8 Å². The lowest BCUT2D eigenvalue weighted by molar-refractivity contribution is 0.0657. The third-order valence-electron chi connectivity index (χ3n) is 5.17. The van der Waals surface area contributed by atoms with Gasteiger partial charge in [0, 0.05) is 38.3 Å². The Kier molecular flexibility index (Phi) is 8.32. The lowest BCUT2D eigenvalue weighted by Crippen LogP contribution is -2.53. The standard InChI is InChI=1S/C23H27N5O3.HI/c1-3-24-23(28-12-10-27(11-13-28)22(29)20-5-4-14-30-20)25-15-19-16-31-21(26-19)18-8-6-17(2)7-9-18;/h4-9,14,16H,3,10-13,15H2,1-2H3,(H,24,25);1H. The van der Waals surface area contributed by atoms with Crippen molar-refractivity contribution >= 4 is 35.8 Å². The van der Waals surface area contributed by atoms with Crippen molar-refractivity contribution in [3.63, 3.8) is 0 Å². The third-order valence-corrected chi connectivity index (χ3v) is 5.17. The Morgan fingerprint density at radius 2 is 1.81 bits per heavy atom. The molecular weight excluding hydrogens is 521 g/mol. The average Bonchev–Trinajstić information content (AvgIpc) is 3.49. The predicted octanol–water partition coefficient (Wildman–Crippen LogP) is 3.78. The normalized spacial score (nSPS) is 14.2. The summed E-state index contributed by atoms with van der Waals surface area (Å²) >= 11 is 0. The molecule has 32 heavy (non-hydrogen) atoms. The van der Waals surface area contributed by atoms with Crippen molar-refractivity contribution in [1.82, 2.24) is 20.1 Å². The van der Waals surface area contributed by atoms with E-state index in [-0.39, 0.29) is 29.9 Å². The molecule has 8 nitrogen and oxygen atoms in total. The first-order chi connectivity index (χ1) is 15.1. The minimum Gasteiger partial charge on any atom is -0.459 e. The van der Waals surface area contributed by atoms with Crippen molar-refractivity contribution in [2.45, 2.75) is 20.4 Å². The van der Waals surface area contributed by atoms with Gasteiger partial charge in [-0.2, -0.15) is 0 Å². The Hall–Kier alpha value is -2.82. The number of furan rings is 1. The summed E-state index contributed by atoms with van der Waals surface area (Å²) in [5.41, 5.74) is 2.92. The number of carbonyl (C=O) groups excluding carboxylic acids is 1. The smallest absolute Gasteiger partial charge is 0.289 e. The van der Waals surface area contributed by atoms with Crippen LogP contribution in [0.15, 0.2) is 62.8 Å². The highest BCUT2D eigenvalue weighted by Gasteiger charge is 2.25. The quantitative estimate of drug-likeness (QED) is 0.296. The second-order valence-corrected chi connectivity index (χ2v) is 7.44. The molecule has 0 radical (unpaired) electrons. The van der Waals surface area contributed by atoms with Crippen molar-refractivity contribution in [2.75, 3.05) is 32.7 Å². The first-order valence-electron chi connectivity index (χ1n) is 10.5. The molecule has 0 bridgehead atoms. The van der Waals surface area contributed by atoms with Crippen molar-refractivity contribution in [2.24, 2.45) is 4.99 Å². The Balaban J connectivity index is 0.00000289. The SMILES string of the molecule is CCNC(=NCc1coc(-c2ccc(C)cc2)n1)N1CCN(C(=O)c2ccco2)CC1.I. The molecule has 1 saturated heterocycles. The van der Waals surface area contributed by atoms with E-state index in [0.29, 0.717) is 44.4 Å². The van der Waals surface area contributed by atoms with Gasteiger partial charge in [-0.3, -0.25) is 4.79 Å². The van der Waals surface area contributed by atoms with Gasteiger partial charge in [0.25, 0.3) is 5.91 Å². The molecule has 1 aliphatic heterocycles. The maximum atomic E-state index is 12.5.